The maximum atomic E-state index is 11.0. The van der Waals surface area contributed by atoms with Gasteiger partial charge < -0.3 is 16.2 Å². The largest absolute Gasteiger partial charge is 0.493 e. The van der Waals surface area contributed by atoms with Crippen LogP contribution in [0.1, 0.15) is 31.7 Å². The number of unbranched alkanes of at least 4 members (excludes halogenated alkanes) is 1. The Labute approximate surface area is 108 Å². The first-order chi connectivity index (χ1) is 8.43. The van der Waals surface area contributed by atoms with E-state index in [1.807, 2.05) is 31.2 Å². The summed E-state index contributed by atoms with van der Waals surface area (Å²) in [5.74, 6) is 0.449. The lowest BCUT2D eigenvalue weighted by Gasteiger charge is -2.20. The van der Waals surface area contributed by atoms with Crippen molar-refractivity contribution in [1.29, 1.82) is 0 Å². The number of rotatable bonds is 7. The molecule has 1 atom stereocenters. The molecule has 18 heavy (non-hydrogen) atoms. The van der Waals surface area contributed by atoms with Crippen LogP contribution >= 0.6 is 0 Å². The molecule has 0 heterocycles. The number of primary amides is 1. The van der Waals surface area contributed by atoms with E-state index in [4.69, 9.17) is 16.2 Å². The molecular formula is C14H22N2O2. The van der Waals surface area contributed by atoms with Crippen molar-refractivity contribution in [3.05, 3.63) is 29.8 Å². The van der Waals surface area contributed by atoms with Gasteiger partial charge in [-0.25, -0.2) is 0 Å². The predicted molar refractivity (Wildman–Crippen MR) is 72.3 cm³/mol. The fraction of sp³-hybridized carbons (Fsp3) is 0.500. The molecule has 1 rings (SSSR count). The topological polar surface area (TPSA) is 78.3 Å². The zero-order valence-corrected chi connectivity index (χ0v) is 11.1. The first kappa shape index (κ1) is 14.5. The van der Waals surface area contributed by atoms with Crippen LogP contribution in [0.3, 0.4) is 0 Å². The highest BCUT2D eigenvalue weighted by Gasteiger charge is 2.24. The van der Waals surface area contributed by atoms with Crippen LogP contribution in [0.4, 0.5) is 0 Å². The Bertz CT molecular complexity index is 403. The smallest absolute Gasteiger partial charge is 0.237 e. The van der Waals surface area contributed by atoms with E-state index in [9.17, 15) is 4.79 Å². The Morgan fingerprint density at radius 2 is 2.00 bits per heavy atom. The van der Waals surface area contributed by atoms with Gasteiger partial charge in [-0.2, -0.15) is 0 Å². The first-order valence-corrected chi connectivity index (χ1v) is 6.21. The van der Waals surface area contributed by atoms with Crippen molar-refractivity contribution in [3.8, 4) is 5.75 Å². The molecular weight excluding hydrogens is 228 g/mol. The van der Waals surface area contributed by atoms with Crippen LogP contribution in [0.15, 0.2) is 24.3 Å². The molecule has 0 fully saturated rings. The zero-order chi connectivity index (χ0) is 13.6. The van der Waals surface area contributed by atoms with Gasteiger partial charge in [0.05, 0.1) is 12.1 Å². The molecule has 1 unspecified atom stereocenters. The van der Waals surface area contributed by atoms with E-state index in [1.165, 1.54) is 0 Å². The molecule has 4 nitrogen and oxygen atoms in total. The van der Waals surface area contributed by atoms with Crippen molar-refractivity contribution in [1.82, 2.24) is 0 Å². The van der Waals surface area contributed by atoms with E-state index < -0.39 is 11.4 Å². The third kappa shape index (κ3) is 4.37. The summed E-state index contributed by atoms with van der Waals surface area (Å²) in [5.41, 5.74) is 11.2. The summed E-state index contributed by atoms with van der Waals surface area (Å²) in [5, 5.41) is 0. The Morgan fingerprint density at radius 3 is 2.61 bits per heavy atom. The third-order valence-corrected chi connectivity index (χ3v) is 3.00. The Kier molecular flexibility index (Phi) is 5.16. The number of hydrogen-bond donors (Lipinski definition) is 2. The Balaban J connectivity index is 2.24. The molecule has 0 aliphatic carbocycles. The molecule has 0 saturated heterocycles. The second-order valence-corrected chi connectivity index (χ2v) is 4.85. The molecule has 4 heteroatoms. The van der Waals surface area contributed by atoms with Gasteiger partial charge in [0.25, 0.3) is 0 Å². The van der Waals surface area contributed by atoms with Crippen LogP contribution in [0.5, 0.6) is 5.75 Å². The van der Waals surface area contributed by atoms with Crippen molar-refractivity contribution in [3.63, 3.8) is 0 Å². The SMILES string of the molecule is Cc1ccccc1OCCCCC(C)(N)C(N)=O. The minimum absolute atomic E-state index is 0.456. The van der Waals surface area contributed by atoms with Crippen molar-refractivity contribution in [2.75, 3.05) is 6.61 Å². The number of benzene rings is 1. The van der Waals surface area contributed by atoms with Gasteiger partial charge in [-0.1, -0.05) is 18.2 Å². The highest BCUT2D eigenvalue weighted by atomic mass is 16.5. The average molecular weight is 250 g/mol. The van der Waals surface area contributed by atoms with E-state index in [0.29, 0.717) is 13.0 Å². The molecule has 4 N–H and O–H groups in total. The normalized spacial score (nSPS) is 13.9. The minimum atomic E-state index is -0.914. The maximum Gasteiger partial charge on any atom is 0.237 e. The Hall–Kier alpha value is -1.55. The monoisotopic (exact) mass is 250 g/mol. The second-order valence-electron chi connectivity index (χ2n) is 4.85. The number of amides is 1. The third-order valence-electron chi connectivity index (χ3n) is 3.00. The van der Waals surface area contributed by atoms with E-state index >= 15 is 0 Å². The van der Waals surface area contributed by atoms with E-state index in [0.717, 1.165) is 24.2 Å². The van der Waals surface area contributed by atoms with Gasteiger partial charge in [0.15, 0.2) is 0 Å². The van der Waals surface area contributed by atoms with Gasteiger partial charge in [-0.3, -0.25) is 4.79 Å². The van der Waals surface area contributed by atoms with Crippen molar-refractivity contribution in [2.45, 2.75) is 38.6 Å². The summed E-state index contributed by atoms with van der Waals surface area (Å²) in [6.45, 7) is 4.30. The summed E-state index contributed by atoms with van der Waals surface area (Å²) in [6.07, 6.45) is 2.26. The zero-order valence-electron chi connectivity index (χ0n) is 11.1. The summed E-state index contributed by atoms with van der Waals surface area (Å²) in [6, 6.07) is 7.90. The highest BCUT2D eigenvalue weighted by molar-refractivity contribution is 5.83. The average Bonchev–Trinajstić information content (AvgIpc) is 2.30. The summed E-state index contributed by atoms with van der Waals surface area (Å²) in [4.78, 5) is 11.0. The predicted octanol–water partition coefficient (Wildman–Crippen LogP) is 1.75. The number of carbonyl (C=O) groups is 1. The first-order valence-electron chi connectivity index (χ1n) is 6.21. The van der Waals surface area contributed by atoms with E-state index in [-0.39, 0.29) is 0 Å². The van der Waals surface area contributed by atoms with Crippen LogP contribution in [0.2, 0.25) is 0 Å². The number of para-hydroxylation sites is 1. The standard InChI is InChI=1S/C14H22N2O2/c1-11-7-3-4-8-12(11)18-10-6-5-9-14(2,16)13(15)17/h3-4,7-8H,5-6,9-10,16H2,1-2H3,(H2,15,17). The molecule has 0 aliphatic heterocycles. The van der Waals surface area contributed by atoms with Crippen LogP contribution < -0.4 is 16.2 Å². The fourth-order valence-electron chi connectivity index (χ4n) is 1.62. The summed E-state index contributed by atoms with van der Waals surface area (Å²) in [7, 11) is 0. The second kappa shape index (κ2) is 6.40. The van der Waals surface area contributed by atoms with Crippen LogP contribution in [0, 0.1) is 6.92 Å². The maximum absolute atomic E-state index is 11.0. The van der Waals surface area contributed by atoms with Gasteiger partial charge in [-0.05, 0) is 44.7 Å². The van der Waals surface area contributed by atoms with Gasteiger partial charge >= 0.3 is 0 Å². The quantitative estimate of drug-likeness (QED) is 0.724. The number of nitrogens with two attached hydrogens (primary N) is 2. The van der Waals surface area contributed by atoms with E-state index in [1.54, 1.807) is 6.92 Å². The molecule has 1 aromatic rings. The molecule has 1 aromatic carbocycles. The number of ether oxygens (including phenoxy) is 1. The molecule has 0 bridgehead atoms. The van der Waals surface area contributed by atoms with Crippen molar-refractivity contribution >= 4 is 5.91 Å². The van der Waals surface area contributed by atoms with Gasteiger partial charge in [0.2, 0.25) is 5.91 Å². The molecule has 0 radical (unpaired) electrons. The van der Waals surface area contributed by atoms with Gasteiger partial charge in [-0.15, -0.1) is 0 Å². The van der Waals surface area contributed by atoms with Gasteiger partial charge in [0.1, 0.15) is 5.75 Å². The van der Waals surface area contributed by atoms with Crippen molar-refractivity contribution in [2.24, 2.45) is 11.5 Å². The molecule has 0 aromatic heterocycles. The van der Waals surface area contributed by atoms with Gasteiger partial charge in [0, 0.05) is 0 Å². The molecule has 0 aliphatic rings. The lowest BCUT2D eigenvalue weighted by molar-refractivity contribution is -0.122. The number of carbonyl (C=O) groups excluding carboxylic acids is 1. The summed E-state index contributed by atoms with van der Waals surface area (Å²) < 4.78 is 5.65. The number of aryl methyl sites for hydroxylation is 1. The van der Waals surface area contributed by atoms with E-state index in [2.05, 4.69) is 0 Å². The molecule has 1 amide bonds. The number of hydrogen-bond acceptors (Lipinski definition) is 3. The molecule has 100 valence electrons. The summed E-state index contributed by atoms with van der Waals surface area (Å²) >= 11 is 0. The lowest BCUT2D eigenvalue weighted by Crippen LogP contribution is -2.49. The highest BCUT2D eigenvalue weighted by Crippen LogP contribution is 2.17. The van der Waals surface area contributed by atoms with Crippen molar-refractivity contribution < 1.29 is 9.53 Å². The lowest BCUT2D eigenvalue weighted by atomic mass is 9.96. The van der Waals surface area contributed by atoms with Crippen LogP contribution in [-0.2, 0) is 4.79 Å². The fourth-order valence-corrected chi connectivity index (χ4v) is 1.62. The molecule has 0 saturated carbocycles. The molecule has 0 spiro atoms. The Morgan fingerprint density at radius 1 is 1.33 bits per heavy atom. The van der Waals surface area contributed by atoms with Crippen LogP contribution in [-0.4, -0.2) is 18.1 Å². The minimum Gasteiger partial charge on any atom is -0.493 e. The van der Waals surface area contributed by atoms with Crippen LogP contribution in [0.25, 0.3) is 0 Å².